The van der Waals surface area contributed by atoms with E-state index in [-0.39, 0.29) is 44.1 Å². The molecule has 0 bridgehead atoms. The summed E-state index contributed by atoms with van der Waals surface area (Å²) in [7, 11) is 0. The van der Waals surface area contributed by atoms with E-state index in [2.05, 4.69) is 0 Å². The van der Waals surface area contributed by atoms with Crippen LogP contribution in [0.5, 0.6) is 0 Å². The van der Waals surface area contributed by atoms with Crippen molar-refractivity contribution in [1.29, 1.82) is 0 Å². The van der Waals surface area contributed by atoms with Crippen molar-refractivity contribution in [2.75, 3.05) is 0 Å². The van der Waals surface area contributed by atoms with Crippen LogP contribution >= 0.6 is 0 Å². The van der Waals surface area contributed by atoms with Crippen molar-refractivity contribution in [3.8, 4) is 0 Å². The Morgan fingerprint density at radius 1 is 0.950 bits per heavy atom. The van der Waals surface area contributed by atoms with Crippen molar-refractivity contribution < 1.29 is 57.5 Å². The van der Waals surface area contributed by atoms with Gasteiger partial charge in [-0.2, -0.15) is 0 Å². The summed E-state index contributed by atoms with van der Waals surface area (Å²) in [6.07, 6.45) is -0.151. The van der Waals surface area contributed by atoms with Crippen LogP contribution < -0.4 is 47.9 Å². The van der Waals surface area contributed by atoms with Crippen molar-refractivity contribution in [1.82, 2.24) is 0 Å². The molecule has 0 atom stereocenters. The maximum Gasteiger partial charge on any atom is 1.00 e. The molecule has 0 radical (unpaired) electrons. The van der Waals surface area contributed by atoms with Gasteiger partial charge in [0.25, 0.3) is 0 Å². The van der Waals surface area contributed by atoms with Crippen LogP contribution in [-0.4, -0.2) is 11.9 Å². The molecule has 1 rings (SSSR count). The van der Waals surface area contributed by atoms with Gasteiger partial charge >= 0.3 is 37.7 Å². The van der Waals surface area contributed by atoms with E-state index >= 15 is 0 Å². The number of carbonyl (C=O) groups excluding carboxylic acids is 2. The van der Waals surface area contributed by atoms with Crippen LogP contribution in [0.25, 0.3) is 0 Å². The van der Waals surface area contributed by atoms with Gasteiger partial charge in [-0.1, -0.05) is 51.1 Å². The molecule has 1 aromatic rings. The van der Waals surface area contributed by atoms with Gasteiger partial charge in [0, 0.05) is 0 Å². The van der Waals surface area contributed by atoms with Crippen molar-refractivity contribution in [2.24, 2.45) is 10.8 Å². The predicted molar refractivity (Wildman–Crippen MR) is 62.0 cm³/mol. The molecule has 0 N–H and O–H groups in total. The molecule has 0 spiro atoms. The minimum absolute atomic E-state index is 0. The SMILES string of the molecule is CC(C)(C)C(Cc1ccccc1)(C(=O)[O-])C(=O)[O-].[Li+].[Li+]. The number of hydrogen-bond donors (Lipinski definition) is 0. The molecule has 0 heterocycles. The van der Waals surface area contributed by atoms with E-state index in [0.717, 1.165) is 0 Å². The Hall–Kier alpha value is -0.645. The summed E-state index contributed by atoms with van der Waals surface area (Å²) in [6, 6.07) is 8.61. The fourth-order valence-electron chi connectivity index (χ4n) is 2.01. The number of carboxylic acid groups (broad SMARTS) is 2. The Bertz CT molecular complexity index is 438. The Morgan fingerprint density at radius 2 is 1.35 bits per heavy atom. The van der Waals surface area contributed by atoms with E-state index in [4.69, 9.17) is 0 Å². The number of carboxylic acids is 2. The maximum atomic E-state index is 11.4. The zero-order chi connectivity index (χ0) is 14.0. The molecule has 0 saturated carbocycles. The maximum absolute atomic E-state index is 11.4. The normalized spacial score (nSPS) is 10.9. The molecule has 6 heteroatoms. The van der Waals surface area contributed by atoms with Crippen LogP contribution in [0.2, 0.25) is 0 Å². The van der Waals surface area contributed by atoms with E-state index < -0.39 is 22.8 Å². The topological polar surface area (TPSA) is 80.3 Å². The largest absolute Gasteiger partial charge is 1.00 e. The van der Waals surface area contributed by atoms with Crippen LogP contribution in [0.15, 0.2) is 30.3 Å². The van der Waals surface area contributed by atoms with Gasteiger partial charge in [0.15, 0.2) is 0 Å². The minimum Gasteiger partial charge on any atom is -0.549 e. The van der Waals surface area contributed by atoms with Crippen LogP contribution in [0, 0.1) is 10.8 Å². The Labute approximate surface area is 143 Å². The van der Waals surface area contributed by atoms with Gasteiger partial charge in [0.1, 0.15) is 0 Å². The molecule has 1 aromatic carbocycles. The molecule has 0 unspecified atom stereocenters. The van der Waals surface area contributed by atoms with E-state index in [1.54, 1.807) is 51.1 Å². The Balaban J connectivity index is 0. The van der Waals surface area contributed by atoms with Crippen LogP contribution in [-0.2, 0) is 16.0 Å². The van der Waals surface area contributed by atoms with E-state index in [1.165, 1.54) is 0 Å². The van der Waals surface area contributed by atoms with Gasteiger partial charge in [0.05, 0.1) is 17.4 Å². The summed E-state index contributed by atoms with van der Waals surface area (Å²) in [5.74, 6) is -3.22. The third kappa shape index (κ3) is 4.17. The smallest absolute Gasteiger partial charge is 0.549 e. The predicted octanol–water partition coefficient (Wildman–Crippen LogP) is -6.23. The molecule has 4 nitrogen and oxygen atoms in total. The molecule has 0 amide bonds. The van der Waals surface area contributed by atoms with Gasteiger partial charge in [-0.3, -0.25) is 0 Å². The summed E-state index contributed by atoms with van der Waals surface area (Å²) < 4.78 is 0. The molecule has 20 heavy (non-hydrogen) atoms. The Morgan fingerprint density at radius 3 is 1.65 bits per heavy atom. The van der Waals surface area contributed by atoms with Crippen LogP contribution in [0.4, 0.5) is 0 Å². The van der Waals surface area contributed by atoms with Crippen molar-refractivity contribution in [3.63, 3.8) is 0 Å². The molecule has 0 aliphatic rings. The van der Waals surface area contributed by atoms with E-state index in [9.17, 15) is 19.8 Å². The first kappa shape index (κ1) is 21.6. The molecule has 0 fully saturated rings. The van der Waals surface area contributed by atoms with E-state index in [1.807, 2.05) is 0 Å². The van der Waals surface area contributed by atoms with Gasteiger partial charge in [-0.15, -0.1) is 0 Å². The van der Waals surface area contributed by atoms with Gasteiger partial charge in [-0.25, -0.2) is 0 Å². The molecular formula is C14H16Li2O4. The first-order valence-electron chi connectivity index (χ1n) is 5.68. The fourth-order valence-corrected chi connectivity index (χ4v) is 2.01. The summed E-state index contributed by atoms with van der Waals surface area (Å²) in [5.41, 5.74) is -2.43. The summed E-state index contributed by atoms with van der Waals surface area (Å²) in [4.78, 5) is 22.8. The van der Waals surface area contributed by atoms with Gasteiger partial charge in [0.2, 0.25) is 0 Å². The molecular weight excluding hydrogens is 246 g/mol. The average molecular weight is 262 g/mol. The molecule has 98 valence electrons. The van der Waals surface area contributed by atoms with Crippen LogP contribution in [0.3, 0.4) is 0 Å². The monoisotopic (exact) mass is 262 g/mol. The van der Waals surface area contributed by atoms with E-state index in [0.29, 0.717) is 5.56 Å². The summed E-state index contributed by atoms with van der Waals surface area (Å²) in [5, 5.41) is 22.8. The average Bonchev–Trinajstić information content (AvgIpc) is 2.24. The fraction of sp³-hybridized carbons (Fsp3) is 0.429. The number of rotatable bonds is 4. The summed E-state index contributed by atoms with van der Waals surface area (Å²) in [6.45, 7) is 4.67. The number of carbonyl (C=O) groups is 2. The third-order valence-corrected chi connectivity index (χ3v) is 3.29. The molecule has 0 saturated heterocycles. The Kier molecular flexibility index (Phi) is 8.62. The van der Waals surface area contributed by atoms with Gasteiger partial charge in [-0.05, 0) is 17.4 Å². The second-order valence-corrected chi connectivity index (χ2v) is 5.39. The second-order valence-electron chi connectivity index (χ2n) is 5.39. The quantitative estimate of drug-likeness (QED) is 0.399. The summed E-state index contributed by atoms with van der Waals surface area (Å²) >= 11 is 0. The first-order chi connectivity index (χ1) is 8.22. The standard InChI is InChI=1S/C14H18O4.2Li/c1-13(2,3)14(11(15)16,12(17)18)9-10-7-5-4-6-8-10;;/h4-8H,9H2,1-3H3,(H,15,16)(H,17,18);;/q;2*+1/p-2. The third-order valence-electron chi connectivity index (χ3n) is 3.29. The molecule has 0 aromatic heterocycles. The zero-order valence-corrected chi connectivity index (χ0v) is 12.7. The number of aliphatic carboxylic acids is 2. The van der Waals surface area contributed by atoms with Crippen molar-refractivity contribution >= 4 is 11.9 Å². The second kappa shape index (κ2) is 7.96. The first-order valence-corrected chi connectivity index (χ1v) is 5.68. The van der Waals surface area contributed by atoms with Crippen LogP contribution in [0.1, 0.15) is 26.3 Å². The molecule has 0 aliphatic carbocycles. The molecule has 0 aliphatic heterocycles. The number of benzene rings is 1. The number of hydrogen-bond acceptors (Lipinski definition) is 4. The van der Waals surface area contributed by atoms with Crippen molar-refractivity contribution in [2.45, 2.75) is 27.2 Å². The minimum atomic E-state index is -2.05. The van der Waals surface area contributed by atoms with Gasteiger partial charge < -0.3 is 19.8 Å². The van der Waals surface area contributed by atoms with Crippen molar-refractivity contribution in [3.05, 3.63) is 35.9 Å². The zero-order valence-electron chi connectivity index (χ0n) is 12.7.